The van der Waals surface area contributed by atoms with Crippen LogP contribution >= 0.6 is 0 Å². The summed E-state index contributed by atoms with van der Waals surface area (Å²) in [7, 11) is 0. The molecular weight excluding hydrogens is 386 g/mol. The van der Waals surface area contributed by atoms with Crippen molar-refractivity contribution in [2.24, 2.45) is 0 Å². The van der Waals surface area contributed by atoms with Gasteiger partial charge in [0.2, 0.25) is 11.8 Å². The number of carbonyl (C=O) groups excluding carboxylic acids is 4. The number of anilines is 1. The number of nitrogens with one attached hydrogen (secondary N) is 2. The van der Waals surface area contributed by atoms with Crippen LogP contribution in [0.4, 0.5) is 5.69 Å². The summed E-state index contributed by atoms with van der Waals surface area (Å²) < 4.78 is 4.92. The summed E-state index contributed by atoms with van der Waals surface area (Å²) in [6.07, 6.45) is 0.757. The largest absolute Gasteiger partial charge is 0.462 e. The van der Waals surface area contributed by atoms with Gasteiger partial charge in [0.05, 0.1) is 24.3 Å². The number of amides is 3. The Morgan fingerprint density at radius 2 is 1.77 bits per heavy atom. The van der Waals surface area contributed by atoms with Crippen LogP contribution in [0.1, 0.15) is 35.7 Å². The van der Waals surface area contributed by atoms with Crippen molar-refractivity contribution >= 4 is 29.4 Å². The first-order valence-corrected chi connectivity index (χ1v) is 9.72. The van der Waals surface area contributed by atoms with E-state index < -0.39 is 17.9 Å². The van der Waals surface area contributed by atoms with E-state index in [1.165, 1.54) is 24.3 Å². The molecular formula is C22H23N3O5. The quantitative estimate of drug-likeness (QED) is 0.391. The van der Waals surface area contributed by atoms with Crippen molar-refractivity contribution in [1.29, 1.82) is 0 Å². The van der Waals surface area contributed by atoms with Crippen molar-refractivity contribution in [2.45, 2.75) is 32.2 Å². The first-order chi connectivity index (χ1) is 14.5. The minimum absolute atomic E-state index is 0.0720. The van der Waals surface area contributed by atoms with E-state index in [1.807, 2.05) is 30.3 Å². The van der Waals surface area contributed by atoms with Crippen LogP contribution in [-0.4, -0.2) is 36.3 Å². The van der Waals surface area contributed by atoms with Crippen LogP contribution in [0, 0.1) is 0 Å². The lowest BCUT2D eigenvalue weighted by atomic mass is 10.1. The molecule has 0 unspecified atom stereocenters. The molecule has 1 aliphatic heterocycles. The lowest BCUT2D eigenvalue weighted by Crippen LogP contribution is -2.48. The molecule has 1 aliphatic rings. The average Bonchev–Trinajstić information content (AvgIpc) is 3.05. The Kier molecular flexibility index (Phi) is 6.92. The summed E-state index contributed by atoms with van der Waals surface area (Å²) in [4.78, 5) is 49.8. The number of esters is 1. The van der Waals surface area contributed by atoms with E-state index >= 15 is 0 Å². The Labute approximate surface area is 174 Å². The number of hydrogen-bond donors (Lipinski definition) is 2. The first kappa shape index (κ1) is 21.2. The highest BCUT2D eigenvalue weighted by Gasteiger charge is 2.39. The summed E-state index contributed by atoms with van der Waals surface area (Å²) in [5, 5.41) is 0. The van der Waals surface area contributed by atoms with E-state index in [2.05, 4.69) is 10.9 Å². The maximum Gasteiger partial charge on any atom is 0.338 e. The van der Waals surface area contributed by atoms with Crippen molar-refractivity contribution < 1.29 is 23.9 Å². The second-order valence-electron chi connectivity index (χ2n) is 6.77. The van der Waals surface area contributed by atoms with E-state index in [-0.39, 0.29) is 31.3 Å². The third kappa shape index (κ3) is 5.09. The molecule has 0 aromatic heterocycles. The summed E-state index contributed by atoms with van der Waals surface area (Å²) in [6, 6.07) is 14.8. The van der Waals surface area contributed by atoms with Crippen LogP contribution in [-0.2, 0) is 25.5 Å². The number of rotatable bonds is 8. The molecule has 8 heteroatoms. The van der Waals surface area contributed by atoms with E-state index in [9.17, 15) is 19.2 Å². The molecule has 1 fully saturated rings. The number of benzene rings is 2. The molecule has 1 heterocycles. The number of imide groups is 1. The predicted octanol–water partition coefficient (Wildman–Crippen LogP) is 1.75. The topological polar surface area (TPSA) is 105 Å². The maximum atomic E-state index is 12.6. The Morgan fingerprint density at radius 3 is 2.43 bits per heavy atom. The molecule has 3 amide bonds. The van der Waals surface area contributed by atoms with Crippen molar-refractivity contribution in [2.75, 3.05) is 11.5 Å². The SMILES string of the molecule is CCOC(=O)c1ccc(N2C(=O)C[C@H](NNC(=O)CCc3ccccc3)C2=O)cc1. The highest BCUT2D eigenvalue weighted by molar-refractivity contribution is 6.22. The summed E-state index contributed by atoms with van der Waals surface area (Å²) in [6.45, 7) is 1.97. The fourth-order valence-electron chi connectivity index (χ4n) is 3.11. The van der Waals surface area contributed by atoms with Gasteiger partial charge < -0.3 is 4.74 Å². The van der Waals surface area contributed by atoms with Crippen molar-refractivity contribution in [1.82, 2.24) is 10.9 Å². The Hall–Kier alpha value is -3.52. The van der Waals surface area contributed by atoms with Gasteiger partial charge >= 0.3 is 5.97 Å². The van der Waals surface area contributed by atoms with Crippen LogP contribution in [0.5, 0.6) is 0 Å². The lowest BCUT2D eigenvalue weighted by Gasteiger charge is -2.16. The van der Waals surface area contributed by atoms with Gasteiger partial charge in [-0.1, -0.05) is 30.3 Å². The molecule has 156 valence electrons. The fraction of sp³-hybridized carbons (Fsp3) is 0.273. The minimum atomic E-state index is -0.845. The highest BCUT2D eigenvalue weighted by atomic mass is 16.5. The van der Waals surface area contributed by atoms with Gasteiger partial charge in [-0.15, -0.1) is 0 Å². The number of carbonyl (C=O) groups is 4. The molecule has 0 saturated carbocycles. The smallest absolute Gasteiger partial charge is 0.338 e. The number of nitrogens with zero attached hydrogens (tertiary/aromatic N) is 1. The van der Waals surface area contributed by atoms with Gasteiger partial charge in [0.1, 0.15) is 6.04 Å². The van der Waals surface area contributed by atoms with Gasteiger partial charge in [0.15, 0.2) is 0 Å². The van der Waals surface area contributed by atoms with Crippen LogP contribution < -0.4 is 15.8 Å². The van der Waals surface area contributed by atoms with Crippen LogP contribution in [0.15, 0.2) is 54.6 Å². The van der Waals surface area contributed by atoms with Gasteiger partial charge in [-0.05, 0) is 43.2 Å². The second kappa shape index (κ2) is 9.80. The molecule has 30 heavy (non-hydrogen) atoms. The van der Waals surface area contributed by atoms with E-state index in [4.69, 9.17) is 4.74 Å². The third-order valence-corrected chi connectivity index (χ3v) is 4.65. The molecule has 0 spiro atoms. The van der Waals surface area contributed by atoms with Crippen LogP contribution in [0.2, 0.25) is 0 Å². The lowest BCUT2D eigenvalue weighted by molar-refractivity contribution is -0.123. The van der Waals surface area contributed by atoms with Crippen LogP contribution in [0.3, 0.4) is 0 Å². The zero-order valence-electron chi connectivity index (χ0n) is 16.6. The molecule has 1 saturated heterocycles. The predicted molar refractivity (Wildman–Crippen MR) is 109 cm³/mol. The Morgan fingerprint density at radius 1 is 1.07 bits per heavy atom. The van der Waals surface area contributed by atoms with Gasteiger partial charge in [0.25, 0.3) is 5.91 Å². The van der Waals surface area contributed by atoms with Gasteiger partial charge in [-0.3, -0.25) is 19.8 Å². The van der Waals surface area contributed by atoms with Gasteiger partial charge in [-0.25, -0.2) is 15.1 Å². The van der Waals surface area contributed by atoms with Gasteiger partial charge in [0, 0.05) is 6.42 Å². The summed E-state index contributed by atoms with van der Waals surface area (Å²) >= 11 is 0. The average molecular weight is 409 g/mol. The van der Waals surface area contributed by atoms with Crippen molar-refractivity contribution in [3.63, 3.8) is 0 Å². The summed E-state index contributed by atoms with van der Waals surface area (Å²) in [5.41, 5.74) is 6.90. The highest BCUT2D eigenvalue weighted by Crippen LogP contribution is 2.23. The zero-order chi connectivity index (χ0) is 21.5. The normalized spacial score (nSPS) is 15.9. The zero-order valence-corrected chi connectivity index (χ0v) is 16.6. The number of hydrazine groups is 1. The first-order valence-electron chi connectivity index (χ1n) is 9.72. The molecule has 2 aromatic carbocycles. The van der Waals surface area contributed by atoms with Crippen LogP contribution in [0.25, 0.3) is 0 Å². The Balaban J connectivity index is 1.54. The van der Waals surface area contributed by atoms with E-state index in [0.717, 1.165) is 10.5 Å². The van der Waals surface area contributed by atoms with E-state index in [0.29, 0.717) is 17.7 Å². The number of hydrogen-bond acceptors (Lipinski definition) is 6. The Bertz CT molecular complexity index is 928. The van der Waals surface area contributed by atoms with Crippen molar-refractivity contribution in [3.8, 4) is 0 Å². The molecule has 0 radical (unpaired) electrons. The van der Waals surface area contributed by atoms with Gasteiger partial charge in [-0.2, -0.15) is 0 Å². The standard InChI is InChI=1S/C22H23N3O5/c1-2-30-22(29)16-9-11-17(12-10-16)25-20(27)14-18(21(25)28)23-24-19(26)13-8-15-6-4-3-5-7-15/h3-7,9-12,18,23H,2,8,13-14H2,1H3,(H,24,26)/t18-/m0/s1. The maximum absolute atomic E-state index is 12.6. The number of ether oxygens (including phenoxy) is 1. The molecule has 2 aromatic rings. The molecule has 8 nitrogen and oxygen atoms in total. The van der Waals surface area contributed by atoms with Crippen molar-refractivity contribution in [3.05, 3.63) is 65.7 Å². The third-order valence-electron chi connectivity index (χ3n) is 4.65. The van der Waals surface area contributed by atoms with E-state index in [1.54, 1.807) is 6.92 Å². The molecule has 0 bridgehead atoms. The monoisotopic (exact) mass is 409 g/mol. The number of aryl methyl sites for hydroxylation is 1. The molecule has 0 aliphatic carbocycles. The fourth-order valence-corrected chi connectivity index (χ4v) is 3.11. The molecule has 1 atom stereocenters. The molecule has 2 N–H and O–H groups in total. The minimum Gasteiger partial charge on any atom is -0.462 e. The second-order valence-corrected chi connectivity index (χ2v) is 6.77. The summed E-state index contributed by atoms with van der Waals surface area (Å²) in [5.74, 6) is -1.59. The molecule has 3 rings (SSSR count).